The fraction of sp³-hybridized carbons (Fsp3) is 0.176. The fourth-order valence-electron chi connectivity index (χ4n) is 2.02. The number of amides is 2. The van der Waals surface area contributed by atoms with Gasteiger partial charge in [0.1, 0.15) is 0 Å². The second-order valence-electron chi connectivity index (χ2n) is 4.80. The number of halogens is 1. The van der Waals surface area contributed by atoms with Gasteiger partial charge in [-0.3, -0.25) is 0 Å². The zero-order valence-electron chi connectivity index (χ0n) is 12.9. The highest BCUT2D eigenvalue weighted by molar-refractivity contribution is 9.10. The summed E-state index contributed by atoms with van der Waals surface area (Å²) >= 11 is 3.38. The number of esters is 1. The molecule has 2 N–H and O–H groups in total. The minimum atomic E-state index is -0.469. The van der Waals surface area contributed by atoms with E-state index in [1.165, 1.54) is 0 Å². The molecule has 2 aromatic carbocycles. The Bertz CT molecular complexity index is 732. The van der Waals surface area contributed by atoms with E-state index < -0.39 is 12.0 Å². The largest absolute Gasteiger partial charge is 0.462 e. The van der Waals surface area contributed by atoms with Gasteiger partial charge in [-0.2, -0.15) is 0 Å². The summed E-state index contributed by atoms with van der Waals surface area (Å²) in [4.78, 5) is 24.1. The number of urea groups is 1. The summed E-state index contributed by atoms with van der Waals surface area (Å²) in [5.41, 5.74) is 2.34. The third kappa shape index (κ3) is 4.56. The van der Waals surface area contributed by atoms with Crippen LogP contribution >= 0.6 is 15.9 Å². The molecule has 0 saturated heterocycles. The Hall–Kier alpha value is -2.34. The van der Waals surface area contributed by atoms with Gasteiger partial charge >= 0.3 is 12.0 Å². The van der Waals surface area contributed by atoms with Crippen molar-refractivity contribution in [2.24, 2.45) is 0 Å². The third-order valence-corrected chi connectivity index (χ3v) is 3.60. The van der Waals surface area contributed by atoms with Gasteiger partial charge in [0, 0.05) is 10.2 Å². The highest BCUT2D eigenvalue weighted by Gasteiger charge is 2.14. The van der Waals surface area contributed by atoms with E-state index in [1.807, 2.05) is 19.1 Å². The van der Waals surface area contributed by atoms with Gasteiger partial charge in [-0.05, 0) is 49.7 Å². The molecule has 0 aliphatic rings. The standard InChI is InChI=1S/C17H17BrN2O3/c1-3-23-16(21)13-6-4-5-7-15(13)20-17(22)19-14-9-8-12(18)10-11(14)2/h4-10H,3H2,1-2H3,(H2,19,20,22). The summed E-state index contributed by atoms with van der Waals surface area (Å²) in [7, 11) is 0. The molecule has 0 aliphatic carbocycles. The highest BCUT2D eigenvalue weighted by Crippen LogP contribution is 2.21. The Kier molecular flexibility index (Phi) is 5.76. The number of ether oxygens (including phenoxy) is 1. The monoisotopic (exact) mass is 376 g/mol. The zero-order chi connectivity index (χ0) is 16.8. The molecule has 0 atom stereocenters. The number of carbonyl (C=O) groups excluding carboxylic acids is 2. The molecule has 0 saturated carbocycles. The van der Waals surface area contributed by atoms with Crippen LogP contribution in [0.1, 0.15) is 22.8 Å². The van der Waals surface area contributed by atoms with Crippen LogP contribution in [-0.2, 0) is 4.74 Å². The first-order valence-corrected chi connectivity index (χ1v) is 7.91. The van der Waals surface area contributed by atoms with E-state index in [0.29, 0.717) is 16.9 Å². The van der Waals surface area contributed by atoms with Crippen LogP contribution in [0, 0.1) is 6.92 Å². The minimum absolute atomic E-state index is 0.275. The summed E-state index contributed by atoms with van der Waals surface area (Å²) < 4.78 is 5.92. The van der Waals surface area contributed by atoms with Crippen molar-refractivity contribution < 1.29 is 14.3 Å². The smallest absolute Gasteiger partial charge is 0.340 e. The van der Waals surface area contributed by atoms with Crippen LogP contribution in [0.5, 0.6) is 0 Å². The van der Waals surface area contributed by atoms with Crippen molar-refractivity contribution in [2.75, 3.05) is 17.2 Å². The number of rotatable bonds is 4. The average molecular weight is 377 g/mol. The Labute approximate surface area is 143 Å². The third-order valence-electron chi connectivity index (χ3n) is 3.11. The predicted octanol–water partition coefficient (Wildman–Crippen LogP) is 4.58. The Morgan fingerprint density at radius 1 is 1.09 bits per heavy atom. The van der Waals surface area contributed by atoms with Gasteiger partial charge in [0.2, 0.25) is 0 Å². The second-order valence-corrected chi connectivity index (χ2v) is 5.72. The molecule has 2 aromatic rings. The topological polar surface area (TPSA) is 67.4 Å². The Morgan fingerprint density at radius 3 is 2.48 bits per heavy atom. The summed E-state index contributed by atoms with van der Waals surface area (Å²) in [6, 6.07) is 11.8. The number of anilines is 2. The Balaban J connectivity index is 2.13. The molecule has 0 unspecified atom stereocenters. The lowest BCUT2D eigenvalue weighted by molar-refractivity contribution is 0.0527. The van der Waals surface area contributed by atoms with Crippen LogP contribution in [0.3, 0.4) is 0 Å². The lowest BCUT2D eigenvalue weighted by Gasteiger charge is -2.12. The van der Waals surface area contributed by atoms with E-state index in [0.717, 1.165) is 10.0 Å². The molecule has 5 nitrogen and oxygen atoms in total. The molecule has 0 radical (unpaired) electrons. The van der Waals surface area contributed by atoms with Gasteiger partial charge in [-0.15, -0.1) is 0 Å². The molecular formula is C17H17BrN2O3. The van der Waals surface area contributed by atoms with Gasteiger partial charge in [0.15, 0.2) is 0 Å². The molecule has 0 aliphatic heterocycles. The quantitative estimate of drug-likeness (QED) is 0.767. The van der Waals surface area contributed by atoms with Gasteiger partial charge < -0.3 is 15.4 Å². The minimum Gasteiger partial charge on any atom is -0.462 e. The van der Waals surface area contributed by atoms with Crippen molar-refractivity contribution >= 4 is 39.3 Å². The number of carbonyl (C=O) groups is 2. The first-order valence-electron chi connectivity index (χ1n) is 7.11. The van der Waals surface area contributed by atoms with E-state index in [4.69, 9.17) is 4.74 Å². The van der Waals surface area contributed by atoms with Crippen LogP contribution in [0.25, 0.3) is 0 Å². The van der Waals surface area contributed by atoms with Crippen molar-refractivity contribution in [2.45, 2.75) is 13.8 Å². The van der Waals surface area contributed by atoms with Crippen LogP contribution in [0.15, 0.2) is 46.9 Å². The van der Waals surface area contributed by atoms with Crippen molar-refractivity contribution in [1.29, 1.82) is 0 Å². The van der Waals surface area contributed by atoms with Crippen molar-refractivity contribution in [3.8, 4) is 0 Å². The average Bonchev–Trinajstić information content (AvgIpc) is 2.51. The molecular weight excluding hydrogens is 360 g/mol. The van der Waals surface area contributed by atoms with Crippen LogP contribution in [-0.4, -0.2) is 18.6 Å². The van der Waals surface area contributed by atoms with E-state index in [9.17, 15) is 9.59 Å². The maximum Gasteiger partial charge on any atom is 0.340 e. The lowest BCUT2D eigenvalue weighted by atomic mass is 10.2. The van der Waals surface area contributed by atoms with E-state index in [1.54, 1.807) is 37.3 Å². The molecule has 2 rings (SSSR count). The molecule has 23 heavy (non-hydrogen) atoms. The van der Waals surface area contributed by atoms with Crippen LogP contribution < -0.4 is 10.6 Å². The number of nitrogens with one attached hydrogen (secondary N) is 2. The van der Waals surface area contributed by atoms with Crippen molar-refractivity contribution in [1.82, 2.24) is 0 Å². The molecule has 0 aromatic heterocycles. The second kappa shape index (κ2) is 7.78. The summed E-state index contributed by atoms with van der Waals surface area (Å²) in [6.07, 6.45) is 0. The van der Waals surface area contributed by atoms with E-state index in [-0.39, 0.29) is 6.61 Å². The van der Waals surface area contributed by atoms with E-state index in [2.05, 4.69) is 26.6 Å². The zero-order valence-corrected chi connectivity index (χ0v) is 14.4. The number of benzene rings is 2. The van der Waals surface area contributed by atoms with Gasteiger partial charge in [0.05, 0.1) is 17.9 Å². The fourth-order valence-corrected chi connectivity index (χ4v) is 2.50. The highest BCUT2D eigenvalue weighted by atomic mass is 79.9. The van der Waals surface area contributed by atoms with Gasteiger partial charge in [-0.25, -0.2) is 9.59 Å². The van der Waals surface area contributed by atoms with Gasteiger partial charge in [-0.1, -0.05) is 28.1 Å². The maximum absolute atomic E-state index is 12.2. The van der Waals surface area contributed by atoms with Crippen molar-refractivity contribution in [3.63, 3.8) is 0 Å². The van der Waals surface area contributed by atoms with Crippen LogP contribution in [0.2, 0.25) is 0 Å². The molecule has 0 fully saturated rings. The number of para-hydroxylation sites is 1. The van der Waals surface area contributed by atoms with Crippen LogP contribution in [0.4, 0.5) is 16.2 Å². The summed E-state index contributed by atoms with van der Waals surface area (Å²) in [6.45, 7) is 3.90. The van der Waals surface area contributed by atoms with Crippen molar-refractivity contribution in [3.05, 3.63) is 58.1 Å². The molecule has 0 spiro atoms. The molecule has 2 amide bonds. The summed E-state index contributed by atoms with van der Waals surface area (Å²) in [5.74, 6) is -0.469. The first-order chi connectivity index (χ1) is 11.0. The molecule has 0 heterocycles. The molecule has 0 bridgehead atoms. The Morgan fingerprint density at radius 2 is 1.78 bits per heavy atom. The predicted molar refractivity (Wildman–Crippen MR) is 93.9 cm³/mol. The maximum atomic E-state index is 12.2. The molecule has 6 heteroatoms. The molecule has 120 valence electrons. The number of aryl methyl sites for hydroxylation is 1. The number of hydrogen-bond acceptors (Lipinski definition) is 3. The summed E-state index contributed by atoms with van der Waals surface area (Å²) in [5, 5.41) is 5.44. The lowest BCUT2D eigenvalue weighted by Crippen LogP contribution is -2.21. The number of hydrogen-bond donors (Lipinski definition) is 2. The SMILES string of the molecule is CCOC(=O)c1ccccc1NC(=O)Nc1ccc(Br)cc1C. The normalized spacial score (nSPS) is 10.0. The first kappa shape index (κ1) is 17.0. The van der Waals surface area contributed by atoms with Gasteiger partial charge in [0.25, 0.3) is 0 Å². The van der Waals surface area contributed by atoms with E-state index >= 15 is 0 Å².